The maximum Gasteiger partial charge on any atom is 0.0879 e. The SMILES string of the molecule is C/C=C(\C#C/C(C#Cc1ccccc1)=C\c1ccccc1)[Si](C)(C)C. The van der Waals surface area contributed by atoms with Crippen molar-refractivity contribution in [2.45, 2.75) is 26.6 Å². The van der Waals surface area contributed by atoms with E-state index in [1.165, 1.54) is 5.20 Å². The van der Waals surface area contributed by atoms with Gasteiger partial charge in [0.1, 0.15) is 0 Å². The van der Waals surface area contributed by atoms with Gasteiger partial charge in [0.15, 0.2) is 0 Å². The summed E-state index contributed by atoms with van der Waals surface area (Å²) in [5.41, 5.74) is 2.96. The molecular weight excluding hydrogens is 316 g/mol. The molecule has 0 spiro atoms. The van der Waals surface area contributed by atoms with E-state index < -0.39 is 8.07 Å². The van der Waals surface area contributed by atoms with E-state index in [2.05, 4.69) is 74.5 Å². The molecule has 0 saturated carbocycles. The molecule has 0 unspecified atom stereocenters. The Labute approximate surface area is 153 Å². The first kappa shape index (κ1) is 18.6. The summed E-state index contributed by atoms with van der Waals surface area (Å²) in [4.78, 5) is 0. The molecule has 1 heteroatoms. The van der Waals surface area contributed by atoms with Crippen molar-refractivity contribution < 1.29 is 0 Å². The zero-order valence-corrected chi connectivity index (χ0v) is 16.4. The molecule has 2 rings (SSSR count). The van der Waals surface area contributed by atoms with Gasteiger partial charge in [0.05, 0.1) is 13.6 Å². The lowest BCUT2D eigenvalue weighted by atomic mass is 10.1. The fourth-order valence-electron chi connectivity index (χ4n) is 2.31. The van der Waals surface area contributed by atoms with Crippen molar-refractivity contribution in [3.8, 4) is 23.7 Å². The molecule has 124 valence electrons. The standard InChI is InChI=1S/C24H24Si/c1-5-24(25(2,3)4)19-18-23(20-22-14-10-7-11-15-22)17-16-21-12-8-6-9-13-21/h5-15,20H,1-4H3/b23-20-,24-5+. The topological polar surface area (TPSA) is 0 Å². The Bertz CT molecular complexity index is 872. The van der Waals surface area contributed by atoms with E-state index in [-0.39, 0.29) is 0 Å². The van der Waals surface area contributed by atoms with Crippen LogP contribution in [0.2, 0.25) is 19.6 Å². The first-order chi connectivity index (χ1) is 12.0. The highest BCUT2D eigenvalue weighted by Crippen LogP contribution is 2.14. The van der Waals surface area contributed by atoms with Crippen LogP contribution in [0.15, 0.2) is 77.5 Å². The molecule has 0 fully saturated rings. The predicted molar refractivity (Wildman–Crippen MR) is 113 cm³/mol. The second-order valence-electron chi connectivity index (χ2n) is 6.79. The van der Waals surface area contributed by atoms with Gasteiger partial charge in [-0.1, -0.05) is 97.9 Å². The Hall–Kier alpha value is -2.74. The quantitative estimate of drug-likeness (QED) is 0.468. The van der Waals surface area contributed by atoms with E-state index in [4.69, 9.17) is 0 Å². The average Bonchev–Trinajstić information content (AvgIpc) is 2.60. The molecule has 0 saturated heterocycles. The van der Waals surface area contributed by atoms with Gasteiger partial charge in [0.25, 0.3) is 0 Å². The molecule has 0 bridgehead atoms. The van der Waals surface area contributed by atoms with Crippen LogP contribution in [0, 0.1) is 23.7 Å². The van der Waals surface area contributed by atoms with Gasteiger partial charge in [0, 0.05) is 5.56 Å². The zero-order valence-electron chi connectivity index (χ0n) is 15.4. The first-order valence-electron chi connectivity index (χ1n) is 8.51. The van der Waals surface area contributed by atoms with Crippen LogP contribution in [-0.2, 0) is 0 Å². The zero-order chi connectivity index (χ0) is 18.1. The van der Waals surface area contributed by atoms with Crippen LogP contribution < -0.4 is 0 Å². The number of benzene rings is 2. The second-order valence-corrected chi connectivity index (χ2v) is 11.8. The monoisotopic (exact) mass is 340 g/mol. The Morgan fingerprint density at radius 1 is 0.800 bits per heavy atom. The number of rotatable bonds is 2. The first-order valence-corrected chi connectivity index (χ1v) is 12.0. The summed E-state index contributed by atoms with van der Waals surface area (Å²) in [6, 6.07) is 20.2. The van der Waals surface area contributed by atoms with Gasteiger partial charge in [-0.05, 0) is 35.9 Å². The van der Waals surface area contributed by atoms with Gasteiger partial charge in [0.2, 0.25) is 0 Å². The molecule has 0 aliphatic carbocycles. The molecule has 2 aromatic rings. The van der Waals surface area contributed by atoms with Crippen molar-refractivity contribution in [1.82, 2.24) is 0 Å². The molecule has 0 heterocycles. The fraction of sp³-hybridized carbons (Fsp3) is 0.167. The molecule has 0 aliphatic heterocycles. The summed E-state index contributed by atoms with van der Waals surface area (Å²) < 4.78 is 0. The van der Waals surface area contributed by atoms with Crippen molar-refractivity contribution in [3.05, 3.63) is 88.6 Å². The van der Waals surface area contributed by atoms with Gasteiger partial charge >= 0.3 is 0 Å². The van der Waals surface area contributed by atoms with Crippen LogP contribution >= 0.6 is 0 Å². The molecule has 0 nitrogen and oxygen atoms in total. The fourth-order valence-corrected chi connectivity index (χ4v) is 3.61. The molecule has 0 N–H and O–H groups in total. The minimum Gasteiger partial charge on any atom is -0.0802 e. The Morgan fingerprint density at radius 2 is 1.40 bits per heavy atom. The van der Waals surface area contributed by atoms with Gasteiger partial charge in [-0.3, -0.25) is 0 Å². The number of hydrogen-bond donors (Lipinski definition) is 0. The lowest BCUT2D eigenvalue weighted by Gasteiger charge is -2.14. The van der Waals surface area contributed by atoms with E-state index in [1.54, 1.807) is 0 Å². The second kappa shape index (κ2) is 8.93. The number of allylic oxidation sites excluding steroid dienone is 3. The Morgan fingerprint density at radius 3 is 1.96 bits per heavy atom. The summed E-state index contributed by atoms with van der Waals surface area (Å²) in [5, 5.41) is 1.26. The average molecular weight is 341 g/mol. The molecule has 25 heavy (non-hydrogen) atoms. The van der Waals surface area contributed by atoms with Crippen molar-refractivity contribution in [3.63, 3.8) is 0 Å². The van der Waals surface area contributed by atoms with Crippen molar-refractivity contribution in [1.29, 1.82) is 0 Å². The van der Waals surface area contributed by atoms with Crippen LogP contribution in [0.25, 0.3) is 6.08 Å². The minimum atomic E-state index is -1.42. The minimum absolute atomic E-state index is 0.840. The molecule has 0 radical (unpaired) electrons. The predicted octanol–water partition coefficient (Wildman–Crippen LogP) is 5.95. The normalized spacial score (nSPS) is 11.8. The molecule has 0 atom stereocenters. The van der Waals surface area contributed by atoms with Gasteiger partial charge in [-0.25, -0.2) is 0 Å². The summed E-state index contributed by atoms with van der Waals surface area (Å²) in [5.74, 6) is 13.1. The summed E-state index contributed by atoms with van der Waals surface area (Å²) in [7, 11) is -1.42. The van der Waals surface area contributed by atoms with Crippen molar-refractivity contribution >= 4 is 14.1 Å². The molecule has 0 aromatic heterocycles. The highest BCUT2D eigenvalue weighted by molar-refractivity contribution is 6.84. The van der Waals surface area contributed by atoms with E-state index in [0.29, 0.717) is 0 Å². The van der Waals surface area contributed by atoms with Crippen LogP contribution in [0.5, 0.6) is 0 Å². The van der Waals surface area contributed by atoms with E-state index >= 15 is 0 Å². The third kappa shape index (κ3) is 6.34. The Kier molecular flexibility index (Phi) is 6.64. The van der Waals surface area contributed by atoms with Crippen LogP contribution in [0.4, 0.5) is 0 Å². The van der Waals surface area contributed by atoms with E-state index in [0.717, 1.165) is 16.7 Å². The summed E-state index contributed by atoms with van der Waals surface area (Å²) in [6.07, 6.45) is 4.20. The van der Waals surface area contributed by atoms with Gasteiger partial charge < -0.3 is 0 Å². The Balaban J connectivity index is 2.41. The highest BCUT2D eigenvalue weighted by Gasteiger charge is 2.16. The molecule has 0 aliphatic rings. The lowest BCUT2D eigenvalue weighted by molar-refractivity contribution is 1.62. The van der Waals surface area contributed by atoms with Crippen LogP contribution in [-0.4, -0.2) is 8.07 Å². The molecule has 0 amide bonds. The smallest absolute Gasteiger partial charge is 0.0802 e. The van der Waals surface area contributed by atoms with Crippen molar-refractivity contribution in [2.24, 2.45) is 0 Å². The maximum absolute atomic E-state index is 3.37. The third-order valence-electron chi connectivity index (χ3n) is 3.65. The van der Waals surface area contributed by atoms with E-state index in [1.807, 2.05) is 48.5 Å². The summed E-state index contributed by atoms with van der Waals surface area (Å²) in [6.45, 7) is 9.01. The molecule has 2 aromatic carbocycles. The summed E-state index contributed by atoms with van der Waals surface area (Å²) >= 11 is 0. The van der Waals surface area contributed by atoms with E-state index in [9.17, 15) is 0 Å². The number of hydrogen-bond acceptors (Lipinski definition) is 0. The van der Waals surface area contributed by atoms with Crippen LogP contribution in [0.3, 0.4) is 0 Å². The third-order valence-corrected chi connectivity index (χ3v) is 5.68. The van der Waals surface area contributed by atoms with Crippen LogP contribution in [0.1, 0.15) is 18.1 Å². The highest BCUT2D eigenvalue weighted by atomic mass is 28.3. The molecular formula is C24H24Si. The van der Waals surface area contributed by atoms with Gasteiger partial charge in [-0.15, -0.1) is 0 Å². The lowest BCUT2D eigenvalue weighted by Crippen LogP contribution is -2.22. The largest absolute Gasteiger partial charge is 0.0879 e. The maximum atomic E-state index is 3.37. The van der Waals surface area contributed by atoms with Crippen molar-refractivity contribution in [2.75, 3.05) is 0 Å². The van der Waals surface area contributed by atoms with Gasteiger partial charge in [-0.2, -0.15) is 0 Å².